The zero-order chi connectivity index (χ0) is 14.8. The van der Waals surface area contributed by atoms with Crippen LogP contribution in [0.5, 0.6) is 0 Å². The first-order valence-corrected chi connectivity index (χ1v) is 7.76. The normalized spacial score (nSPS) is 17.9. The van der Waals surface area contributed by atoms with Gasteiger partial charge in [0.1, 0.15) is 4.88 Å². The number of hydrogen-bond acceptors (Lipinski definition) is 6. The fraction of sp³-hybridized carbons (Fsp3) is 0.429. The molecule has 0 spiro atoms. The topological polar surface area (TPSA) is 85.0 Å². The Labute approximate surface area is 139 Å². The molecule has 0 bridgehead atoms. The Balaban J connectivity index is 0.00000176. The summed E-state index contributed by atoms with van der Waals surface area (Å²) in [5.74, 6) is 0.572. The maximum atomic E-state index is 12.6. The number of rotatable bonds is 2. The van der Waals surface area contributed by atoms with Crippen molar-refractivity contribution in [2.24, 2.45) is 5.73 Å². The van der Waals surface area contributed by atoms with E-state index in [1.165, 1.54) is 11.3 Å². The summed E-state index contributed by atoms with van der Waals surface area (Å²) in [5.41, 5.74) is 6.68. The molecule has 0 saturated carbocycles. The highest BCUT2D eigenvalue weighted by Crippen LogP contribution is 2.27. The largest absolute Gasteiger partial charge is 0.336 e. The molecule has 0 aliphatic carbocycles. The molecule has 118 valence electrons. The van der Waals surface area contributed by atoms with Gasteiger partial charge in [0.15, 0.2) is 10.8 Å². The first kappa shape index (κ1) is 16.8. The van der Waals surface area contributed by atoms with Gasteiger partial charge in [-0.15, -0.1) is 23.7 Å². The van der Waals surface area contributed by atoms with Crippen molar-refractivity contribution in [1.82, 2.24) is 19.9 Å². The number of nitrogens with zero attached hydrogens (tertiary/aromatic N) is 4. The summed E-state index contributed by atoms with van der Waals surface area (Å²) in [7, 11) is 0. The molecule has 1 aliphatic heterocycles. The molecular weight excluding hydrogens is 322 g/mol. The lowest BCUT2D eigenvalue weighted by atomic mass is 10.1. The third-order valence-electron chi connectivity index (χ3n) is 3.49. The molecule has 8 heteroatoms. The lowest BCUT2D eigenvalue weighted by molar-refractivity contribution is 0.0713. The number of likely N-dealkylation sites (tertiary alicyclic amines) is 1. The second-order valence-corrected chi connectivity index (χ2v) is 6.16. The summed E-state index contributed by atoms with van der Waals surface area (Å²) in [6.45, 7) is 3.23. The summed E-state index contributed by atoms with van der Waals surface area (Å²) >= 11 is 1.35. The van der Waals surface area contributed by atoms with Crippen LogP contribution in [0.3, 0.4) is 0 Å². The summed E-state index contributed by atoms with van der Waals surface area (Å²) in [4.78, 5) is 27.9. The van der Waals surface area contributed by atoms with Gasteiger partial charge in [-0.05, 0) is 25.8 Å². The second-order valence-electron chi connectivity index (χ2n) is 5.16. The Bertz CT molecular complexity index is 648. The van der Waals surface area contributed by atoms with Crippen LogP contribution < -0.4 is 5.73 Å². The van der Waals surface area contributed by atoms with Gasteiger partial charge < -0.3 is 10.6 Å². The summed E-state index contributed by atoms with van der Waals surface area (Å²) < 4.78 is 0. The molecule has 1 fully saturated rings. The fourth-order valence-corrected chi connectivity index (χ4v) is 3.42. The van der Waals surface area contributed by atoms with Gasteiger partial charge in [-0.3, -0.25) is 4.79 Å². The Morgan fingerprint density at radius 3 is 2.82 bits per heavy atom. The van der Waals surface area contributed by atoms with Gasteiger partial charge in [0, 0.05) is 31.5 Å². The predicted molar refractivity (Wildman–Crippen MR) is 88.2 cm³/mol. The van der Waals surface area contributed by atoms with Crippen LogP contribution in [0.2, 0.25) is 0 Å². The van der Waals surface area contributed by atoms with Crippen molar-refractivity contribution in [2.45, 2.75) is 25.8 Å². The highest BCUT2D eigenvalue weighted by atomic mass is 35.5. The maximum Gasteiger partial charge on any atom is 0.265 e. The van der Waals surface area contributed by atoms with Crippen LogP contribution in [0, 0.1) is 6.92 Å². The zero-order valence-corrected chi connectivity index (χ0v) is 13.9. The number of aryl methyl sites for hydroxylation is 1. The first-order valence-electron chi connectivity index (χ1n) is 6.95. The van der Waals surface area contributed by atoms with Gasteiger partial charge in [-0.25, -0.2) is 15.0 Å². The van der Waals surface area contributed by atoms with Crippen molar-refractivity contribution < 1.29 is 4.79 Å². The van der Waals surface area contributed by atoms with E-state index >= 15 is 0 Å². The van der Waals surface area contributed by atoms with Gasteiger partial charge in [-0.2, -0.15) is 0 Å². The minimum absolute atomic E-state index is 0. The lowest BCUT2D eigenvalue weighted by Gasteiger charge is -2.30. The number of aromatic nitrogens is 3. The molecule has 1 aliphatic rings. The van der Waals surface area contributed by atoms with Crippen LogP contribution in [0.25, 0.3) is 10.8 Å². The average Bonchev–Trinajstić information content (AvgIpc) is 2.89. The molecule has 2 aromatic rings. The van der Waals surface area contributed by atoms with Crippen LogP contribution in [0.4, 0.5) is 0 Å². The van der Waals surface area contributed by atoms with Crippen molar-refractivity contribution >= 4 is 29.7 Å². The van der Waals surface area contributed by atoms with E-state index in [2.05, 4.69) is 15.0 Å². The molecule has 2 N–H and O–H groups in total. The second kappa shape index (κ2) is 7.13. The summed E-state index contributed by atoms with van der Waals surface area (Å²) in [6.07, 6.45) is 5.28. The molecule has 2 aromatic heterocycles. The van der Waals surface area contributed by atoms with Gasteiger partial charge >= 0.3 is 0 Å². The summed E-state index contributed by atoms with van der Waals surface area (Å²) in [5, 5.41) is 0.678. The maximum absolute atomic E-state index is 12.6. The van der Waals surface area contributed by atoms with Gasteiger partial charge in [0.05, 0.1) is 5.69 Å². The number of carbonyl (C=O) groups excluding carboxylic acids is 1. The van der Waals surface area contributed by atoms with Crippen LogP contribution in [-0.2, 0) is 0 Å². The number of thiazole rings is 1. The Kier molecular flexibility index (Phi) is 5.44. The first-order chi connectivity index (χ1) is 10.1. The Morgan fingerprint density at radius 1 is 1.41 bits per heavy atom. The molecule has 1 atom stereocenters. The van der Waals surface area contributed by atoms with Crippen LogP contribution in [-0.4, -0.2) is 44.9 Å². The third-order valence-corrected chi connectivity index (χ3v) is 4.63. The number of halogens is 1. The molecule has 6 nitrogen and oxygen atoms in total. The number of carbonyl (C=O) groups is 1. The molecule has 3 heterocycles. The van der Waals surface area contributed by atoms with E-state index in [0.717, 1.165) is 25.1 Å². The number of piperidine rings is 1. The van der Waals surface area contributed by atoms with Crippen molar-refractivity contribution in [3.63, 3.8) is 0 Å². The van der Waals surface area contributed by atoms with Crippen molar-refractivity contribution in [1.29, 1.82) is 0 Å². The van der Waals surface area contributed by atoms with E-state index in [4.69, 9.17) is 5.73 Å². The van der Waals surface area contributed by atoms with Gasteiger partial charge in [0.2, 0.25) is 0 Å². The molecular formula is C14H18ClN5OS. The van der Waals surface area contributed by atoms with E-state index in [1.807, 2.05) is 11.8 Å². The van der Waals surface area contributed by atoms with Crippen LogP contribution in [0.1, 0.15) is 28.2 Å². The quantitative estimate of drug-likeness (QED) is 0.903. The standard InChI is InChI=1S/C14H17N5OS.ClH/c1-9-11(14(20)19-7-2-4-10(15)8-19)21-13(18-9)12-16-5-3-6-17-12;/h3,5-6,10H,2,4,7-8,15H2,1H3;1H. The number of amides is 1. The molecule has 1 saturated heterocycles. The predicted octanol–water partition coefficient (Wildman–Crippen LogP) is 1.89. The SMILES string of the molecule is Cc1nc(-c2ncccn2)sc1C(=O)N1CCCC(N)C1.Cl. The fourth-order valence-electron chi connectivity index (χ4n) is 2.44. The van der Waals surface area contributed by atoms with Crippen molar-refractivity contribution in [3.8, 4) is 10.8 Å². The van der Waals surface area contributed by atoms with E-state index in [-0.39, 0.29) is 24.4 Å². The van der Waals surface area contributed by atoms with Gasteiger partial charge in [0.25, 0.3) is 5.91 Å². The van der Waals surface area contributed by atoms with Crippen LogP contribution >= 0.6 is 23.7 Å². The molecule has 0 aromatic carbocycles. The molecule has 22 heavy (non-hydrogen) atoms. The molecule has 1 amide bonds. The number of hydrogen-bond donors (Lipinski definition) is 1. The summed E-state index contributed by atoms with van der Waals surface area (Å²) in [6, 6.07) is 1.83. The Morgan fingerprint density at radius 2 is 2.14 bits per heavy atom. The van der Waals surface area contributed by atoms with Gasteiger partial charge in [-0.1, -0.05) is 0 Å². The highest BCUT2D eigenvalue weighted by molar-refractivity contribution is 7.17. The molecule has 1 unspecified atom stereocenters. The number of nitrogens with two attached hydrogens (primary N) is 1. The van der Waals surface area contributed by atoms with Crippen molar-refractivity contribution in [3.05, 3.63) is 29.0 Å². The smallest absolute Gasteiger partial charge is 0.265 e. The van der Waals surface area contributed by atoms with Crippen molar-refractivity contribution in [2.75, 3.05) is 13.1 Å². The Hall–Kier alpha value is -1.57. The third kappa shape index (κ3) is 3.43. The van der Waals surface area contributed by atoms with E-state index in [0.29, 0.717) is 22.3 Å². The monoisotopic (exact) mass is 339 g/mol. The van der Waals surface area contributed by atoms with E-state index in [1.54, 1.807) is 18.5 Å². The average molecular weight is 340 g/mol. The lowest BCUT2D eigenvalue weighted by Crippen LogP contribution is -2.45. The molecule has 0 radical (unpaired) electrons. The minimum Gasteiger partial charge on any atom is -0.336 e. The van der Waals surface area contributed by atoms with Crippen LogP contribution in [0.15, 0.2) is 18.5 Å². The van der Waals surface area contributed by atoms with E-state index < -0.39 is 0 Å². The minimum atomic E-state index is 0. The highest BCUT2D eigenvalue weighted by Gasteiger charge is 2.26. The van der Waals surface area contributed by atoms with E-state index in [9.17, 15) is 4.79 Å². The zero-order valence-electron chi connectivity index (χ0n) is 12.2. The molecule has 3 rings (SSSR count).